The highest BCUT2D eigenvalue weighted by Gasteiger charge is 2.45. The second-order valence-electron chi connectivity index (χ2n) is 6.44. The van der Waals surface area contributed by atoms with Crippen molar-refractivity contribution in [1.29, 1.82) is 0 Å². The minimum Gasteiger partial charge on any atom is -0.497 e. The van der Waals surface area contributed by atoms with Crippen LogP contribution in [0.25, 0.3) is 0 Å². The lowest BCUT2D eigenvalue weighted by molar-refractivity contribution is -0.145. The van der Waals surface area contributed by atoms with Crippen molar-refractivity contribution in [3.05, 3.63) is 24.3 Å². The summed E-state index contributed by atoms with van der Waals surface area (Å²) < 4.78 is 5.19. The average molecular weight is 277 g/mol. The van der Waals surface area contributed by atoms with Crippen molar-refractivity contribution in [2.45, 2.75) is 45.1 Å². The van der Waals surface area contributed by atoms with Crippen molar-refractivity contribution in [2.75, 3.05) is 12.4 Å². The zero-order valence-corrected chi connectivity index (χ0v) is 12.4. The summed E-state index contributed by atoms with van der Waals surface area (Å²) in [5, 5.41) is 13.0. The van der Waals surface area contributed by atoms with E-state index in [4.69, 9.17) is 4.74 Å². The van der Waals surface area contributed by atoms with Crippen LogP contribution in [0.15, 0.2) is 24.3 Å². The first kappa shape index (κ1) is 14.7. The van der Waals surface area contributed by atoms with E-state index < -0.39 is 11.5 Å². The number of ether oxygens (including phenoxy) is 1. The summed E-state index contributed by atoms with van der Waals surface area (Å²) in [5.41, 5.74) is -0.0409. The van der Waals surface area contributed by atoms with Gasteiger partial charge in [-0.2, -0.15) is 0 Å². The quantitative estimate of drug-likeness (QED) is 0.884. The highest BCUT2D eigenvalue weighted by Crippen LogP contribution is 2.43. The van der Waals surface area contributed by atoms with Crippen molar-refractivity contribution in [1.82, 2.24) is 0 Å². The standard InChI is InChI=1S/C16H23NO3/c1-15(2)8-5-9-16(11-15,14(18)19)17-12-6-4-7-13(10-12)20-3/h4,6-7,10,17H,5,8-9,11H2,1-3H3,(H,18,19). The number of rotatable bonds is 4. The fraction of sp³-hybridized carbons (Fsp3) is 0.562. The van der Waals surface area contributed by atoms with Gasteiger partial charge in [-0.3, -0.25) is 0 Å². The van der Waals surface area contributed by atoms with Crippen LogP contribution in [0.1, 0.15) is 39.5 Å². The zero-order chi connectivity index (χ0) is 14.8. The summed E-state index contributed by atoms with van der Waals surface area (Å²) >= 11 is 0. The number of hydrogen-bond acceptors (Lipinski definition) is 3. The Morgan fingerprint density at radius 2 is 2.10 bits per heavy atom. The Hall–Kier alpha value is -1.71. The maximum Gasteiger partial charge on any atom is 0.329 e. The van der Waals surface area contributed by atoms with Crippen LogP contribution in [0, 0.1) is 5.41 Å². The number of anilines is 1. The second-order valence-corrected chi connectivity index (χ2v) is 6.44. The topological polar surface area (TPSA) is 58.6 Å². The van der Waals surface area contributed by atoms with Gasteiger partial charge in [0.1, 0.15) is 11.3 Å². The monoisotopic (exact) mass is 277 g/mol. The van der Waals surface area contributed by atoms with E-state index >= 15 is 0 Å². The lowest BCUT2D eigenvalue weighted by atomic mass is 9.68. The SMILES string of the molecule is COc1cccc(NC2(C(=O)O)CCCC(C)(C)C2)c1. The highest BCUT2D eigenvalue weighted by molar-refractivity contribution is 5.83. The van der Waals surface area contributed by atoms with Gasteiger partial charge in [-0.15, -0.1) is 0 Å². The highest BCUT2D eigenvalue weighted by atomic mass is 16.5. The summed E-state index contributed by atoms with van der Waals surface area (Å²) in [6.45, 7) is 4.27. The molecule has 1 aliphatic rings. The van der Waals surface area contributed by atoms with E-state index in [0.29, 0.717) is 12.8 Å². The molecule has 0 saturated heterocycles. The van der Waals surface area contributed by atoms with Crippen LogP contribution in [0.2, 0.25) is 0 Å². The van der Waals surface area contributed by atoms with Crippen LogP contribution in [-0.4, -0.2) is 23.7 Å². The van der Waals surface area contributed by atoms with E-state index in [1.54, 1.807) is 7.11 Å². The fourth-order valence-corrected chi connectivity index (χ4v) is 3.18. The molecule has 1 aliphatic carbocycles. The summed E-state index contributed by atoms with van der Waals surface area (Å²) in [6.07, 6.45) is 3.29. The third-order valence-corrected chi connectivity index (χ3v) is 4.10. The van der Waals surface area contributed by atoms with Crippen LogP contribution in [0.3, 0.4) is 0 Å². The molecule has 0 amide bonds. The Balaban J connectivity index is 2.27. The van der Waals surface area contributed by atoms with Crippen molar-refractivity contribution < 1.29 is 14.6 Å². The molecule has 1 unspecified atom stereocenters. The minimum atomic E-state index is -0.881. The number of carboxylic acid groups (broad SMARTS) is 1. The smallest absolute Gasteiger partial charge is 0.329 e. The molecule has 2 rings (SSSR count). The molecular weight excluding hydrogens is 254 g/mol. The molecule has 0 aromatic heterocycles. The van der Waals surface area contributed by atoms with Crippen LogP contribution < -0.4 is 10.1 Å². The molecular formula is C16H23NO3. The molecule has 0 radical (unpaired) electrons. The van der Waals surface area contributed by atoms with E-state index in [1.807, 2.05) is 24.3 Å². The maximum atomic E-state index is 11.8. The molecule has 0 heterocycles. The van der Waals surface area contributed by atoms with Gasteiger partial charge in [0.2, 0.25) is 0 Å². The first-order chi connectivity index (χ1) is 9.37. The predicted molar refractivity (Wildman–Crippen MR) is 79.2 cm³/mol. The van der Waals surface area contributed by atoms with E-state index in [9.17, 15) is 9.90 Å². The second kappa shape index (κ2) is 5.35. The Kier molecular flexibility index (Phi) is 3.93. The van der Waals surface area contributed by atoms with Gasteiger partial charge in [0.05, 0.1) is 7.11 Å². The van der Waals surface area contributed by atoms with Gasteiger partial charge in [-0.05, 0) is 43.2 Å². The molecule has 0 bridgehead atoms. The number of aliphatic carboxylic acids is 1. The Bertz CT molecular complexity index is 498. The van der Waals surface area contributed by atoms with E-state index in [-0.39, 0.29) is 5.41 Å². The third-order valence-electron chi connectivity index (χ3n) is 4.10. The van der Waals surface area contributed by atoms with E-state index in [0.717, 1.165) is 24.3 Å². The summed E-state index contributed by atoms with van der Waals surface area (Å²) in [7, 11) is 1.61. The molecule has 1 saturated carbocycles. The van der Waals surface area contributed by atoms with Crippen LogP contribution in [0.4, 0.5) is 5.69 Å². The number of nitrogens with one attached hydrogen (secondary N) is 1. The number of methoxy groups -OCH3 is 1. The molecule has 1 fully saturated rings. The lowest BCUT2D eigenvalue weighted by Gasteiger charge is -2.43. The Morgan fingerprint density at radius 3 is 2.70 bits per heavy atom. The lowest BCUT2D eigenvalue weighted by Crippen LogP contribution is -2.51. The average Bonchev–Trinajstić information content (AvgIpc) is 2.37. The van der Waals surface area contributed by atoms with Crippen molar-refractivity contribution in [3.8, 4) is 5.75 Å². The molecule has 2 N–H and O–H groups in total. The van der Waals surface area contributed by atoms with Crippen LogP contribution in [0.5, 0.6) is 5.75 Å². The molecule has 4 nitrogen and oxygen atoms in total. The summed E-state index contributed by atoms with van der Waals surface area (Å²) in [4.78, 5) is 11.8. The summed E-state index contributed by atoms with van der Waals surface area (Å²) in [6, 6.07) is 7.44. The molecule has 4 heteroatoms. The molecule has 1 atom stereocenters. The number of benzene rings is 1. The van der Waals surface area contributed by atoms with E-state index in [2.05, 4.69) is 19.2 Å². The molecule has 1 aromatic rings. The normalized spacial score (nSPS) is 24.9. The molecule has 0 spiro atoms. The van der Waals surface area contributed by atoms with Gasteiger partial charge < -0.3 is 15.2 Å². The van der Waals surface area contributed by atoms with Gasteiger partial charge in [-0.1, -0.05) is 19.9 Å². The van der Waals surface area contributed by atoms with Crippen molar-refractivity contribution in [2.24, 2.45) is 5.41 Å². The summed E-state index contributed by atoms with van der Waals surface area (Å²) in [5.74, 6) is -0.0429. The van der Waals surface area contributed by atoms with Gasteiger partial charge in [0.25, 0.3) is 0 Å². The molecule has 20 heavy (non-hydrogen) atoms. The predicted octanol–water partition coefficient (Wildman–Crippen LogP) is 3.53. The molecule has 1 aromatic carbocycles. The van der Waals surface area contributed by atoms with Crippen LogP contribution in [-0.2, 0) is 4.79 Å². The minimum absolute atomic E-state index is 0.0442. The first-order valence-corrected chi connectivity index (χ1v) is 7.03. The van der Waals surface area contributed by atoms with E-state index in [1.165, 1.54) is 0 Å². The van der Waals surface area contributed by atoms with Crippen LogP contribution >= 0.6 is 0 Å². The number of carbonyl (C=O) groups is 1. The van der Waals surface area contributed by atoms with Gasteiger partial charge in [0, 0.05) is 11.8 Å². The number of hydrogen-bond donors (Lipinski definition) is 2. The maximum absolute atomic E-state index is 11.8. The largest absolute Gasteiger partial charge is 0.497 e. The molecule has 110 valence electrons. The number of carboxylic acids is 1. The van der Waals surface area contributed by atoms with Gasteiger partial charge >= 0.3 is 5.97 Å². The zero-order valence-electron chi connectivity index (χ0n) is 12.4. The van der Waals surface area contributed by atoms with Gasteiger partial charge in [0.15, 0.2) is 0 Å². The Labute approximate surface area is 120 Å². The first-order valence-electron chi connectivity index (χ1n) is 7.03. The van der Waals surface area contributed by atoms with Crippen molar-refractivity contribution >= 4 is 11.7 Å². The third kappa shape index (κ3) is 3.06. The Morgan fingerprint density at radius 1 is 1.35 bits per heavy atom. The van der Waals surface area contributed by atoms with Gasteiger partial charge in [-0.25, -0.2) is 4.79 Å². The molecule has 0 aliphatic heterocycles. The van der Waals surface area contributed by atoms with Crippen molar-refractivity contribution in [3.63, 3.8) is 0 Å². The fourth-order valence-electron chi connectivity index (χ4n) is 3.18.